The number of carboxylic acid groups (broad SMARTS) is 1. The molecule has 0 spiro atoms. The minimum atomic E-state index is -4.60. The number of benzene rings is 1. The van der Waals surface area contributed by atoms with Gasteiger partial charge >= 0.3 is 12.1 Å². The molecule has 0 unspecified atom stereocenters. The molecule has 1 aromatic carbocycles. The van der Waals surface area contributed by atoms with Gasteiger partial charge in [0, 0.05) is 26.7 Å². The maximum atomic E-state index is 12.9. The normalized spacial score (nSPS) is 20.1. The maximum absolute atomic E-state index is 12.9. The number of aliphatic carboxylic acids is 1. The van der Waals surface area contributed by atoms with Crippen LogP contribution < -0.4 is 5.32 Å². The van der Waals surface area contributed by atoms with Crippen molar-refractivity contribution in [2.45, 2.75) is 19.3 Å². The Hall–Kier alpha value is -1.84. The van der Waals surface area contributed by atoms with Crippen LogP contribution in [0.1, 0.15) is 11.1 Å². The Kier molecular flexibility index (Phi) is 8.52. The number of nitrogens with zero attached hydrogens (tertiary/aromatic N) is 1. The lowest BCUT2D eigenvalue weighted by Gasteiger charge is -2.18. The fourth-order valence-corrected chi connectivity index (χ4v) is 2.98. The first-order valence-corrected chi connectivity index (χ1v) is 8.06. The van der Waals surface area contributed by atoms with E-state index >= 15 is 0 Å². The molecule has 0 bridgehead atoms. The van der Waals surface area contributed by atoms with Gasteiger partial charge in [-0.3, -0.25) is 14.5 Å². The van der Waals surface area contributed by atoms with Crippen molar-refractivity contribution >= 4 is 24.3 Å². The monoisotopic (exact) mass is 410 g/mol. The number of carboxylic acids is 1. The lowest BCUT2D eigenvalue weighted by molar-refractivity contribution is -0.188. The molecule has 0 radical (unpaired) electrons. The second-order valence-electron chi connectivity index (χ2n) is 6.31. The summed E-state index contributed by atoms with van der Waals surface area (Å²) >= 11 is 0. The number of carbonyl (C=O) groups excluding carboxylic acids is 1. The third-order valence-corrected chi connectivity index (χ3v) is 4.32. The number of ether oxygens (including phenoxy) is 1. The van der Waals surface area contributed by atoms with Gasteiger partial charge in [-0.1, -0.05) is 24.3 Å². The van der Waals surface area contributed by atoms with Crippen LogP contribution in [0.25, 0.3) is 0 Å². The predicted octanol–water partition coefficient (Wildman–Crippen LogP) is 2.07. The van der Waals surface area contributed by atoms with E-state index in [1.54, 1.807) is 7.11 Å². The molecule has 1 aliphatic rings. The number of amides is 1. The Morgan fingerprint density at radius 1 is 1.22 bits per heavy atom. The molecule has 1 saturated heterocycles. The summed E-state index contributed by atoms with van der Waals surface area (Å²) < 4.78 is 43.8. The quantitative estimate of drug-likeness (QED) is 0.719. The Morgan fingerprint density at radius 2 is 1.81 bits per heavy atom. The summed E-state index contributed by atoms with van der Waals surface area (Å²) in [5, 5.41) is 11.6. The standard InChI is InChI=1S/C17H21F3N2O4.ClH/c1-26-10-12-4-2-11(3-5-12)6-21-15(23)9-22-7-13(16(24)25)14(8-22)17(18,19)20;/h2-5,13-14H,6-10H2,1H3,(H,21,23)(H,24,25);1H/t13-,14-;/m1./s1. The van der Waals surface area contributed by atoms with Crippen LogP contribution in [0.4, 0.5) is 13.2 Å². The molecule has 6 nitrogen and oxygen atoms in total. The molecule has 1 aliphatic heterocycles. The van der Waals surface area contributed by atoms with Crippen molar-refractivity contribution in [1.29, 1.82) is 0 Å². The molecule has 2 rings (SSSR count). The van der Waals surface area contributed by atoms with Crippen molar-refractivity contribution in [3.8, 4) is 0 Å². The number of carbonyl (C=O) groups is 2. The molecule has 1 amide bonds. The van der Waals surface area contributed by atoms with Crippen molar-refractivity contribution in [2.24, 2.45) is 11.8 Å². The molecule has 0 saturated carbocycles. The van der Waals surface area contributed by atoms with Crippen LogP contribution in [-0.2, 0) is 27.5 Å². The van der Waals surface area contributed by atoms with Gasteiger partial charge < -0.3 is 15.2 Å². The number of methoxy groups -OCH3 is 1. The molecule has 0 aromatic heterocycles. The SMILES string of the molecule is COCc1ccc(CNC(=O)CN2C[C@@H](C(F)(F)F)[C@H](C(=O)O)C2)cc1.Cl. The average Bonchev–Trinajstić information content (AvgIpc) is 2.99. The van der Waals surface area contributed by atoms with Crippen molar-refractivity contribution < 1.29 is 32.6 Å². The van der Waals surface area contributed by atoms with E-state index in [4.69, 9.17) is 9.84 Å². The molecular weight excluding hydrogens is 389 g/mol. The minimum absolute atomic E-state index is 0. The van der Waals surface area contributed by atoms with Crippen molar-refractivity contribution in [2.75, 3.05) is 26.7 Å². The van der Waals surface area contributed by atoms with Gasteiger partial charge in [0.2, 0.25) is 5.91 Å². The van der Waals surface area contributed by atoms with Gasteiger partial charge in [0.05, 0.1) is 25.0 Å². The second kappa shape index (κ2) is 9.91. The third kappa shape index (κ3) is 6.67. The van der Waals surface area contributed by atoms with Gasteiger partial charge in [-0.2, -0.15) is 13.2 Å². The van der Waals surface area contributed by atoms with E-state index in [0.717, 1.165) is 11.1 Å². The third-order valence-electron chi connectivity index (χ3n) is 4.32. The summed E-state index contributed by atoms with van der Waals surface area (Å²) in [7, 11) is 1.59. The highest BCUT2D eigenvalue weighted by Crippen LogP contribution is 2.37. The summed E-state index contributed by atoms with van der Waals surface area (Å²) in [5.41, 5.74) is 1.83. The average molecular weight is 411 g/mol. The zero-order valence-corrected chi connectivity index (χ0v) is 15.5. The Labute approximate surface area is 161 Å². The molecule has 1 fully saturated rings. The molecule has 2 atom stereocenters. The van der Waals surface area contributed by atoms with Gasteiger partial charge in [0.15, 0.2) is 0 Å². The number of hydrogen-bond acceptors (Lipinski definition) is 4. The van der Waals surface area contributed by atoms with E-state index in [1.807, 2.05) is 24.3 Å². The van der Waals surface area contributed by atoms with Crippen LogP contribution in [0.5, 0.6) is 0 Å². The number of nitrogens with one attached hydrogen (secondary N) is 1. The first kappa shape index (κ1) is 23.2. The fourth-order valence-electron chi connectivity index (χ4n) is 2.98. The number of likely N-dealkylation sites (tertiary alicyclic amines) is 1. The van der Waals surface area contributed by atoms with E-state index in [-0.39, 0.29) is 32.0 Å². The van der Waals surface area contributed by atoms with Crippen LogP contribution in [-0.4, -0.2) is 54.8 Å². The smallest absolute Gasteiger partial charge is 0.393 e. The fraction of sp³-hybridized carbons (Fsp3) is 0.529. The molecule has 1 heterocycles. The summed E-state index contributed by atoms with van der Waals surface area (Å²) in [6.07, 6.45) is -4.60. The van der Waals surface area contributed by atoms with Crippen LogP contribution in [0.3, 0.4) is 0 Å². The second-order valence-corrected chi connectivity index (χ2v) is 6.31. The minimum Gasteiger partial charge on any atom is -0.481 e. The van der Waals surface area contributed by atoms with Gasteiger partial charge in [0.25, 0.3) is 0 Å². The number of alkyl halides is 3. The van der Waals surface area contributed by atoms with Gasteiger partial charge in [-0.05, 0) is 11.1 Å². The van der Waals surface area contributed by atoms with E-state index in [2.05, 4.69) is 5.32 Å². The molecule has 152 valence electrons. The lowest BCUT2D eigenvalue weighted by atomic mass is 9.96. The summed E-state index contributed by atoms with van der Waals surface area (Å²) in [4.78, 5) is 24.2. The van der Waals surface area contributed by atoms with Crippen LogP contribution in [0.15, 0.2) is 24.3 Å². The van der Waals surface area contributed by atoms with E-state index < -0.39 is 36.4 Å². The molecular formula is C17H22ClF3N2O4. The van der Waals surface area contributed by atoms with Crippen molar-refractivity contribution in [1.82, 2.24) is 10.2 Å². The molecule has 1 aromatic rings. The molecule has 10 heteroatoms. The molecule has 2 N–H and O–H groups in total. The van der Waals surface area contributed by atoms with Crippen LogP contribution in [0, 0.1) is 11.8 Å². The first-order chi connectivity index (χ1) is 12.2. The summed E-state index contributed by atoms with van der Waals surface area (Å²) in [5.74, 6) is -5.44. The zero-order chi connectivity index (χ0) is 19.3. The lowest BCUT2D eigenvalue weighted by Crippen LogP contribution is -2.36. The van der Waals surface area contributed by atoms with E-state index in [9.17, 15) is 22.8 Å². The Balaban J connectivity index is 0.00000364. The number of rotatable bonds is 7. The number of halogens is 4. The Morgan fingerprint density at radius 3 is 2.30 bits per heavy atom. The van der Waals surface area contributed by atoms with Gasteiger partial charge in [-0.15, -0.1) is 12.4 Å². The molecule has 0 aliphatic carbocycles. The highest BCUT2D eigenvalue weighted by atomic mass is 35.5. The summed E-state index contributed by atoms with van der Waals surface area (Å²) in [6.45, 7) is -0.325. The largest absolute Gasteiger partial charge is 0.481 e. The van der Waals surface area contributed by atoms with Gasteiger partial charge in [0.1, 0.15) is 0 Å². The Bertz CT molecular complexity index is 640. The zero-order valence-electron chi connectivity index (χ0n) is 14.7. The van der Waals surface area contributed by atoms with E-state index in [1.165, 1.54) is 4.90 Å². The molecule has 27 heavy (non-hydrogen) atoms. The number of hydrogen-bond donors (Lipinski definition) is 2. The van der Waals surface area contributed by atoms with Crippen LogP contribution in [0.2, 0.25) is 0 Å². The highest BCUT2D eigenvalue weighted by molar-refractivity contribution is 5.85. The first-order valence-electron chi connectivity index (χ1n) is 8.06. The predicted molar refractivity (Wildman–Crippen MR) is 93.4 cm³/mol. The van der Waals surface area contributed by atoms with Crippen molar-refractivity contribution in [3.63, 3.8) is 0 Å². The van der Waals surface area contributed by atoms with Crippen LogP contribution >= 0.6 is 12.4 Å². The highest BCUT2D eigenvalue weighted by Gasteiger charge is 2.52. The summed E-state index contributed by atoms with van der Waals surface area (Å²) in [6, 6.07) is 7.36. The van der Waals surface area contributed by atoms with E-state index in [0.29, 0.717) is 6.61 Å². The topological polar surface area (TPSA) is 78.9 Å². The van der Waals surface area contributed by atoms with Gasteiger partial charge in [-0.25, -0.2) is 0 Å². The maximum Gasteiger partial charge on any atom is 0.393 e. The van der Waals surface area contributed by atoms with Crippen molar-refractivity contribution in [3.05, 3.63) is 35.4 Å².